The molecule has 2 aromatic rings. The molecule has 51 heavy (non-hydrogen) atoms. The van der Waals surface area contributed by atoms with Gasteiger partial charge in [-0.2, -0.15) is 0 Å². The molecule has 16 nitrogen and oxygen atoms in total. The third-order valence-electron chi connectivity index (χ3n) is 8.78. The highest BCUT2D eigenvalue weighted by Gasteiger charge is 2.45. The van der Waals surface area contributed by atoms with E-state index >= 15 is 0 Å². The number of nitrogens with two attached hydrogens (primary N) is 1. The van der Waals surface area contributed by atoms with Crippen LogP contribution < -0.4 is 31.7 Å². The predicted octanol–water partition coefficient (Wildman–Crippen LogP) is 0.343. The zero-order chi connectivity index (χ0) is 37.1. The summed E-state index contributed by atoms with van der Waals surface area (Å²) < 4.78 is 16.2. The van der Waals surface area contributed by atoms with E-state index in [9.17, 15) is 33.3 Å². The zero-order valence-corrected chi connectivity index (χ0v) is 29.2. The van der Waals surface area contributed by atoms with E-state index in [2.05, 4.69) is 21.3 Å². The summed E-state index contributed by atoms with van der Waals surface area (Å²) in [5.74, 6) is -3.00. The number of nitrogens with one attached hydrogen (secondary N) is 4. The van der Waals surface area contributed by atoms with Gasteiger partial charge in [-0.1, -0.05) is 42.5 Å². The SMILES string of the molecule is CC(=O)N[C@@H](Cc1ccc(OCP(=O)(O)O)cc1)C(=O)N[C@H]1CCCC2CC[C@@H](C(=O)N[C@@H](CCC(N)=O)C(=O)NCc3ccccc3)N2C1=O. The molecule has 0 saturated carbocycles. The Labute approximate surface area is 295 Å². The topological polar surface area (TPSA) is 247 Å². The minimum Gasteiger partial charge on any atom is -0.481 e. The van der Waals surface area contributed by atoms with E-state index in [1.54, 1.807) is 12.1 Å². The molecule has 2 aliphatic heterocycles. The molecular formula is C34H45N6O10P. The Morgan fingerprint density at radius 1 is 0.922 bits per heavy atom. The highest BCUT2D eigenvalue weighted by atomic mass is 31.2. The molecule has 0 radical (unpaired) electrons. The standard InChI is InChI=1S/C34H45N6O10P/c1-21(41)37-28(18-22-10-13-25(14-11-22)50-20-51(47,48)49)32(44)39-27-9-5-8-24-12-16-29(40(24)34(27)46)33(45)38-26(15-17-30(35)42)31(43)36-19-23-6-3-2-4-7-23/h2-4,6-7,10-11,13-14,24,26-29H,5,8-9,12,15-20H2,1H3,(H2,35,42)(H,36,43)(H,37,41)(H,38,45)(H,39,44)(H2,47,48,49)/t24?,26-,27-,28-,29-/m0/s1. The molecule has 2 saturated heterocycles. The number of nitrogens with zero attached hydrogens (tertiary/aromatic N) is 1. The average molecular weight is 729 g/mol. The second-order valence-electron chi connectivity index (χ2n) is 12.8. The number of hydrogen-bond acceptors (Lipinski definition) is 8. The molecule has 5 atom stereocenters. The number of primary amides is 1. The number of carbonyl (C=O) groups is 6. The van der Waals surface area contributed by atoms with Crippen molar-refractivity contribution in [1.82, 2.24) is 26.2 Å². The highest BCUT2D eigenvalue weighted by Crippen LogP contribution is 2.35. The largest absolute Gasteiger partial charge is 0.481 e. The smallest absolute Gasteiger partial charge is 0.362 e. The molecule has 2 aromatic carbocycles. The van der Waals surface area contributed by atoms with Gasteiger partial charge in [0.25, 0.3) is 0 Å². The summed E-state index contributed by atoms with van der Waals surface area (Å²) in [6, 6.07) is 11.0. The van der Waals surface area contributed by atoms with Crippen molar-refractivity contribution in [3.8, 4) is 5.75 Å². The number of ether oxygens (including phenoxy) is 1. The summed E-state index contributed by atoms with van der Waals surface area (Å²) in [5.41, 5.74) is 6.79. The molecule has 276 valence electrons. The molecule has 17 heteroatoms. The fraction of sp³-hybridized carbons (Fsp3) is 0.471. The van der Waals surface area contributed by atoms with Crippen LogP contribution in [0.2, 0.25) is 0 Å². The van der Waals surface area contributed by atoms with E-state index < -0.39 is 73.6 Å². The maximum atomic E-state index is 14.0. The number of hydrogen-bond donors (Lipinski definition) is 7. The number of amides is 6. The fourth-order valence-corrected chi connectivity index (χ4v) is 6.64. The van der Waals surface area contributed by atoms with E-state index in [0.29, 0.717) is 37.7 Å². The van der Waals surface area contributed by atoms with Gasteiger partial charge in [0.1, 0.15) is 29.9 Å². The normalized spacial score (nSPS) is 19.9. The third-order valence-corrected chi connectivity index (χ3v) is 9.25. The van der Waals surface area contributed by atoms with Gasteiger partial charge in [0.05, 0.1) is 0 Å². The second-order valence-corrected chi connectivity index (χ2v) is 14.4. The second kappa shape index (κ2) is 17.9. The molecule has 2 fully saturated rings. The molecule has 0 bridgehead atoms. The molecule has 0 aromatic heterocycles. The van der Waals surface area contributed by atoms with Gasteiger partial charge in [0.15, 0.2) is 6.35 Å². The van der Waals surface area contributed by atoms with E-state index in [0.717, 1.165) is 5.56 Å². The lowest BCUT2D eigenvalue weighted by atomic mass is 10.0. The molecule has 2 aliphatic rings. The number of carbonyl (C=O) groups excluding carboxylic acids is 6. The summed E-state index contributed by atoms with van der Waals surface area (Å²) in [7, 11) is -4.37. The Bertz CT molecular complexity index is 1620. The molecule has 4 rings (SSSR count). The monoisotopic (exact) mass is 728 g/mol. The predicted molar refractivity (Wildman–Crippen MR) is 183 cm³/mol. The van der Waals surface area contributed by atoms with E-state index in [1.165, 1.54) is 24.0 Å². The van der Waals surface area contributed by atoms with E-state index in [-0.39, 0.29) is 37.6 Å². The lowest BCUT2D eigenvalue weighted by Gasteiger charge is -2.32. The van der Waals surface area contributed by atoms with Crippen molar-refractivity contribution in [2.24, 2.45) is 5.73 Å². The van der Waals surface area contributed by atoms with Crippen molar-refractivity contribution in [2.45, 2.75) is 95.0 Å². The lowest BCUT2D eigenvalue weighted by Crippen LogP contribution is -2.58. The first-order chi connectivity index (χ1) is 24.2. The fourth-order valence-electron chi connectivity index (χ4n) is 6.33. The molecule has 2 heterocycles. The minimum atomic E-state index is -4.37. The molecular weight excluding hydrogens is 683 g/mol. The maximum Gasteiger partial charge on any atom is 0.362 e. The van der Waals surface area contributed by atoms with Crippen molar-refractivity contribution < 1.29 is 47.9 Å². The first kappa shape index (κ1) is 39.0. The Hall–Kier alpha value is -4.79. The van der Waals surface area contributed by atoms with Gasteiger partial charge in [0, 0.05) is 32.4 Å². The highest BCUT2D eigenvalue weighted by molar-refractivity contribution is 7.51. The first-order valence-corrected chi connectivity index (χ1v) is 18.6. The minimum absolute atomic E-state index is 0.0296. The third kappa shape index (κ3) is 11.9. The van der Waals surface area contributed by atoms with Crippen LogP contribution in [0.3, 0.4) is 0 Å². The van der Waals surface area contributed by atoms with Crippen LogP contribution in [0.4, 0.5) is 0 Å². The maximum absolute atomic E-state index is 14.0. The Morgan fingerprint density at radius 2 is 1.63 bits per heavy atom. The summed E-state index contributed by atoms with van der Waals surface area (Å²) >= 11 is 0. The van der Waals surface area contributed by atoms with Gasteiger partial charge in [-0.3, -0.25) is 33.3 Å². The van der Waals surface area contributed by atoms with Gasteiger partial charge in [-0.25, -0.2) is 0 Å². The van der Waals surface area contributed by atoms with Crippen molar-refractivity contribution in [3.63, 3.8) is 0 Å². The van der Waals surface area contributed by atoms with Crippen molar-refractivity contribution >= 4 is 43.0 Å². The summed E-state index contributed by atoms with van der Waals surface area (Å²) in [4.78, 5) is 97.5. The molecule has 0 aliphatic carbocycles. The van der Waals surface area contributed by atoms with Crippen molar-refractivity contribution in [3.05, 3.63) is 65.7 Å². The van der Waals surface area contributed by atoms with Crippen molar-refractivity contribution in [1.29, 1.82) is 0 Å². The van der Waals surface area contributed by atoms with Gasteiger partial charge in [-0.05, 0) is 61.8 Å². The van der Waals surface area contributed by atoms with Gasteiger partial charge in [-0.15, -0.1) is 0 Å². The van der Waals surface area contributed by atoms with Gasteiger partial charge >= 0.3 is 7.60 Å². The number of rotatable bonds is 16. The molecule has 6 amide bonds. The quantitative estimate of drug-likeness (QED) is 0.117. The average Bonchev–Trinajstić information content (AvgIpc) is 3.44. The Balaban J connectivity index is 1.42. The molecule has 1 unspecified atom stereocenters. The van der Waals surface area contributed by atoms with Gasteiger partial charge in [0.2, 0.25) is 35.4 Å². The van der Waals surface area contributed by atoms with Crippen LogP contribution in [0.5, 0.6) is 5.75 Å². The van der Waals surface area contributed by atoms with Crippen molar-refractivity contribution in [2.75, 3.05) is 6.35 Å². The molecule has 8 N–H and O–H groups in total. The van der Waals surface area contributed by atoms with E-state index in [1.807, 2.05) is 30.3 Å². The van der Waals surface area contributed by atoms with Crippen LogP contribution in [0.25, 0.3) is 0 Å². The van der Waals surface area contributed by atoms with Crippen LogP contribution in [-0.2, 0) is 46.3 Å². The molecule has 0 spiro atoms. The van der Waals surface area contributed by atoms with Gasteiger partial charge < -0.3 is 46.4 Å². The van der Waals surface area contributed by atoms with Crippen LogP contribution in [-0.4, -0.2) is 86.7 Å². The van der Waals surface area contributed by atoms with Crippen LogP contribution in [0.15, 0.2) is 54.6 Å². The lowest BCUT2D eigenvalue weighted by molar-refractivity contribution is -0.143. The Kier molecular flexibility index (Phi) is 13.7. The summed E-state index contributed by atoms with van der Waals surface area (Å²) in [6.07, 6.45) is 1.49. The number of fused-ring (bicyclic) bond motifs is 1. The van der Waals surface area contributed by atoms with Crippen LogP contribution in [0, 0.1) is 0 Å². The summed E-state index contributed by atoms with van der Waals surface area (Å²) in [5, 5.41) is 10.9. The Morgan fingerprint density at radius 3 is 2.27 bits per heavy atom. The van der Waals surface area contributed by atoms with E-state index in [4.69, 9.17) is 20.3 Å². The first-order valence-electron chi connectivity index (χ1n) is 16.8. The van der Waals surface area contributed by atoms with Crippen LogP contribution in [0.1, 0.15) is 63.0 Å². The zero-order valence-electron chi connectivity index (χ0n) is 28.3. The van der Waals surface area contributed by atoms with Crippen LogP contribution >= 0.6 is 7.60 Å². The summed E-state index contributed by atoms with van der Waals surface area (Å²) in [6.45, 7) is 1.46. The number of benzene rings is 2.